The van der Waals surface area contributed by atoms with Crippen LogP contribution in [0.5, 0.6) is 0 Å². The molecule has 1 fully saturated rings. The molecule has 0 radical (unpaired) electrons. The quantitative estimate of drug-likeness (QED) is 0.736. The molecule has 7 heteroatoms. The van der Waals surface area contributed by atoms with Crippen LogP contribution in [0, 0.1) is 0 Å². The Bertz CT molecular complexity index is 876. The van der Waals surface area contributed by atoms with E-state index >= 15 is 0 Å². The Kier molecular flexibility index (Phi) is 6.58. The predicted molar refractivity (Wildman–Crippen MR) is 109 cm³/mol. The van der Waals surface area contributed by atoms with Crippen LogP contribution >= 0.6 is 23.2 Å². The number of pyridine rings is 1. The zero-order chi connectivity index (χ0) is 19.4. The normalized spacial score (nSPS) is 14.5. The van der Waals surface area contributed by atoms with Gasteiger partial charge in [-0.1, -0.05) is 29.3 Å². The van der Waals surface area contributed by atoms with Crippen molar-refractivity contribution in [2.75, 3.05) is 26.2 Å². The van der Waals surface area contributed by atoms with Crippen LogP contribution in [0.3, 0.4) is 0 Å². The third-order valence-electron chi connectivity index (χ3n) is 4.88. The Morgan fingerprint density at radius 1 is 1.11 bits per heavy atom. The molecule has 1 aliphatic rings. The van der Waals surface area contributed by atoms with Crippen LogP contribution in [-0.4, -0.2) is 46.5 Å². The minimum Gasteiger partial charge on any atom is -0.333 e. The second-order valence-corrected chi connectivity index (χ2v) is 7.70. The molecule has 0 aliphatic carbocycles. The van der Waals surface area contributed by atoms with Crippen LogP contribution in [0.2, 0.25) is 10.0 Å². The first-order valence-corrected chi connectivity index (χ1v) is 9.82. The highest BCUT2D eigenvalue weighted by Gasteiger charge is 2.20. The molecule has 0 saturated carbocycles. The zero-order valence-electron chi connectivity index (χ0n) is 15.3. The number of aromatic nitrogens is 1. The molecule has 0 atom stereocenters. The van der Waals surface area contributed by atoms with Gasteiger partial charge in [0.15, 0.2) is 0 Å². The smallest absolute Gasteiger partial charge is 0.254 e. The number of rotatable bonds is 6. The first kappa shape index (κ1) is 19.9. The molecule has 0 bridgehead atoms. The monoisotopic (exact) mass is 407 g/mol. The summed E-state index contributed by atoms with van der Waals surface area (Å²) in [5.41, 5.74) is 1.11. The van der Waals surface area contributed by atoms with Crippen LogP contribution in [0.4, 0.5) is 0 Å². The first-order chi connectivity index (χ1) is 12.9. The molecule has 2 heterocycles. The Balaban J connectivity index is 1.80. The van der Waals surface area contributed by atoms with E-state index in [0.717, 1.165) is 25.2 Å². The molecule has 5 nitrogen and oxygen atoms in total. The van der Waals surface area contributed by atoms with Crippen molar-refractivity contribution in [3.05, 3.63) is 68.1 Å². The molecule has 1 aromatic carbocycles. The van der Waals surface area contributed by atoms with Crippen LogP contribution in [0.15, 0.2) is 41.3 Å². The van der Waals surface area contributed by atoms with Gasteiger partial charge in [-0.05, 0) is 49.7 Å². The highest BCUT2D eigenvalue weighted by atomic mass is 35.5. The number of likely N-dealkylation sites (tertiary alicyclic amines) is 1. The van der Waals surface area contributed by atoms with Gasteiger partial charge in [-0.2, -0.15) is 0 Å². The Morgan fingerprint density at radius 3 is 2.52 bits per heavy atom. The van der Waals surface area contributed by atoms with E-state index in [1.807, 2.05) is 6.07 Å². The van der Waals surface area contributed by atoms with Gasteiger partial charge in [-0.3, -0.25) is 9.59 Å². The molecule has 3 rings (SSSR count). The fourth-order valence-electron chi connectivity index (χ4n) is 3.24. The molecular weight excluding hydrogens is 385 g/mol. The minimum atomic E-state index is -0.199. The fraction of sp³-hybridized carbons (Fsp3) is 0.400. The van der Waals surface area contributed by atoms with Crippen LogP contribution in [0.1, 0.15) is 28.8 Å². The van der Waals surface area contributed by atoms with Crippen molar-refractivity contribution in [1.82, 2.24) is 14.4 Å². The molecule has 1 aromatic heterocycles. The van der Waals surface area contributed by atoms with Crippen molar-refractivity contribution in [3.8, 4) is 0 Å². The average Bonchev–Trinajstić information content (AvgIpc) is 3.17. The number of halogens is 2. The van der Waals surface area contributed by atoms with Crippen molar-refractivity contribution < 1.29 is 4.79 Å². The van der Waals surface area contributed by atoms with Crippen molar-refractivity contribution in [2.45, 2.75) is 19.4 Å². The lowest BCUT2D eigenvalue weighted by atomic mass is 10.1. The van der Waals surface area contributed by atoms with E-state index < -0.39 is 0 Å². The molecule has 0 spiro atoms. The summed E-state index contributed by atoms with van der Waals surface area (Å²) in [5.74, 6) is -0.155. The summed E-state index contributed by atoms with van der Waals surface area (Å²) in [7, 11) is 1.66. The van der Waals surface area contributed by atoms with Crippen LogP contribution in [-0.2, 0) is 13.6 Å². The highest BCUT2D eigenvalue weighted by molar-refractivity contribution is 6.42. The van der Waals surface area contributed by atoms with Crippen LogP contribution < -0.4 is 5.56 Å². The van der Waals surface area contributed by atoms with Crippen molar-refractivity contribution >= 4 is 29.1 Å². The van der Waals surface area contributed by atoms with Crippen molar-refractivity contribution in [3.63, 3.8) is 0 Å². The van der Waals surface area contributed by atoms with Gasteiger partial charge in [0.1, 0.15) is 0 Å². The van der Waals surface area contributed by atoms with E-state index in [0.29, 0.717) is 28.7 Å². The second kappa shape index (κ2) is 8.91. The van der Waals surface area contributed by atoms with Crippen LogP contribution in [0.25, 0.3) is 0 Å². The van der Waals surface area contributed by atoms with Gasteiger partial charge in [0, 0.05) is 44.5 Å². The zero-order valence-corrected chi connectivity index (χ0v) is 16.8. The van der Waals surface area contributed by atoms with Gasteiger partial charge in [0.05, 0.1) is 10.0 Å². The summed E-state index contributed by atoms with van der Waals surface area (Å²) in [4.78, 5) is 29.1. The standard InChI is InChI=1S/C20H23Cl2N3O2/c1-23-9-6-16(13-19(23)26)20(27)25(11-10-24-7-2-3-8-24)14-15-4-5-17(21)18(22)12-15/h4-6,9,12-13H,2-3,7-8,10-11,14H2,1H3. The number of amides is 1. The lowest BCUT2D eigenvalue weighted by molar-refractivity contribution is 0.0726. The third-order valence-corrected chi connectivity index (χ3v) is 5.62. The van der Waals surface area contributed by atoms with E-state index in [2.05, 4.69) is 4.90 Å². The summed E-state index contributed by atoms with van der Waals surface area (Å²) in [6, 6.07) is 8.46. The maximum absolute atomic E-state index is 13.1. The lowest BCUT2D eigenvalue weighted by Gasteiger charge is -2.26. The molecule has 27 heavy (non-hydrogen) atoms. The number of carbonyl (C=O) groups is 1. The largest absolute Gasteiger partial charge is 0.333 e. The van der Waals surface area contributed by atoms with E-state index in [4.69, 9.17) is 23.2 Å². The van der Waals surface area contributed by atoms with Gasteiger partial charge in [-0.15, -0.1) is 0 Å². The fourth-order valence-corrected chi connectivity index (χ4v) is 3.56. The molecule has 0 N–H and O–H groups in total. The number of hydrogen-bond donors (Lipinski definition) is 0. The van der Waals surface area contributed by atoms with Gasteiger partial charge in [0.2, 0.25) is 0 Å². The molecule has 1 aliphatic heterocycles. The minimum absolute atomic E-state index is 0.155. The predicted octanol–water partition coefficient (Wildman–Crippen LogP) is 3.43. The Hall–Kier alpha value is -1.82. The maximum Gasteiger partial charge on any atom is 0.254 e. The van der Waals surface area contributed by atoms with Gasteiger partial charge >= 0.3 is 0 Å². The second-order valence-electron chi connectivity index (χ2n) is 6.89. The average molecular weight is 408 g/mol. The summed E-state index contributed by atoms with van der Waals surface area (Å²) in [6.45, 7) is 3.96. The molecule has 2 aromatic rings. The Labute approximate surface area is 169 Å². The molecule has 144 valence electrons. The van der Waals surface area contributed by atoms with E-state index in [-0.39, 0.29) is 11.5 Å². The molecule has 1 amide bonds. The van der Waals surface area contributed by atoms with Gasteiger partial charge in [-0.25, -0.2) is 0 Å². The third kappa shape index (κ3) is 5.12. The summed E-state index contributed by atoms with van der Waals surface area (Å²) < 4.78 is 1.45. The van der Waals surface area contributed by atoms with Gasteiger partial charge < -0.3 is 14.4 Å². The maximum atomic E-state index is 13.1. The van der Waals surface area contributed by atoms with E-state index in [1.165, 1.54) is 23.5 Å². The Morgan fingerprint density at radius 2 is 1.85 bits per heavy atom. The summed E-state index contributed by atoms with van der Waals surface area (Å²) >= 11 is 12.1. The number of hydrogen-bond acceptors (Lipinski definition) is 3. The summed E-state index contributed by atoms with van der Waals surface area (Å²) in [5, 5.41) is 0.955. The highest BCUT2D eigenvalue weighted by Crippen LogP contribution is 2.23. The molecule has 1 saturated heterocycles. The number of nitrogens with zero attached hydrogens (tertiary/aromatic N) is 3. The lowest BCUT2D eigenvalue weighted by Crippen LogP contribution is -2.38. The number of aryl methyl sites for hydroxylation is 1. The molecule has 0 unspecified atom stereocenters. The van der Waals surface area contributed by atoms with E-state index in [9.17, 15) is 9.59 Å². The topological polar surface area (TPSA) is 45.6 Å². The van der Waals surface area contributed by atoms with Gasteiger partial charge in [0.25, 0.3) is 11.5 Å². The van der Waals surface area contributed by atoms with Crippen molar-refractivity contribution in [2.24, 2.45) is 7.05 Å². The number of carbonyl (C=O) groups excluding carboxylic acids is 1. The van der Waals surface area contributed by atoms with Crippen molar-refractivity contribution in [1.29, 1.82) is 0 Å². The SMILES string of the molecule is Cn1ccc(C(=O)N(CCN2CCCC2)Cc2ccc(Cl)c(Cl)c2)cc1=O. The molecular formula is C20H23Cl2N3O2. The number of benzene rings is 1. The van der Waals surface area contributed by atoms with E-state index in [1.54, 1.807) is 36.3 Å². The summed E-state index contributed by atoms with van der Waals surface area (Å²) in [6.07, 6.45) is 4.03. The first-order valence-electron chi connectivity index (χ1n) is 9.06.